The molecule has 292 valence electrons. The fourth-order valence-electron chi connectivity index (χ4n) is 6.56. The molecule has 0 saturated carbocycles. The van der Waals surface area contributed by atoms with Crippen molar-refractivity contribution in [1.29, 1.82) is 0 Å². The Morgan fingerprint density at radius 3 is 1.37 bits per heavy atom. The van der Waals surface area contributed by atoms with Crippen LogP contribution >= 0.6 is 0 Å². The van der Waals surface area contributed by atoms with Gasteiger partial charge in [-0.3, -0.25) is 9.69 Å². The van der Waals surface area contributed by atoms with Crippen LogP contribution in [0.25, 0.3) is 32.3 Å². The summed E-state index contributed by atoms with van der Waals surface area (Å²) in [7, 11) is 0. The lowest BCUT2D eigenvalue weighted by Crippen LogP contribution is -2.51. The van der Waals surface area contributed by atoms with Crippen LogP contribution < -0.4 is 5.32 Å². The number of benzene rings is 4. The van der Waals surface area contributed by atoms with E-state index in [2.05, 4.69) is 40.5 Å². The third kappa shape index (κ3) is 10.6. The summed E-state index contributed by atoms with van der Waals surface area (Å²) >= 11 is 0. The first kappa shape index (κ1) is 40.3. The number of hydrogen-bond donors (Lipinski definition) is 1. The molecule has 1 heterocycles. The minimum Gasteiger partial charge on any atom is -0.444 e. The largest absolute Gasteiger partial charge is 0.444 e. The van der Waals surface area contributed by atoms with Crippen molar-refractivity contribution in [2.75, 3.05) is 65.4 Å². The summed E-state index contributed by atoms with van der Waals surface area (Å²) in [6, 6.07) is 18.4. The van der Waals surface area contributed by atoms with Gasteiger partial charge in [0, 0.05) is 71.0 Å². The molecule has 0 unspecified atom stereocenters. The highest BCUT2D eigenvalue weighted by Crippen LogP contribution is 2.36. The van der Waals surface area contributed by atoms with Gasteiger partial charge in [-0.15, -0.1) is 0 Å². The second-order valence-corrected chi connectivity index (χ2v) is 17.0. The van der Waals surface area contributed by atoms with Gasteiger partial charge in [0.15, 0.2) is 0 Å². The summed E-state index contributed by atoms with van der Waals surface area (Å²) in [5, 5.41) is 9.62. The van der Waals surface area contributed by atoms with Gasteiger partial charge in [-0.25, -0.2) is 14.4 Å². The van der Waals surface area contributed by atoms with Gasteiger partial charge in [-0.1, -0.05) is 48.5 Å². The minimum atomic E-state index is -0.730. The van der Waals surface area contributed by atoms with Crippen molar-refractivity contribution in [3.05, 3.63) is 60.2 Å². The lowest BCUT2D eigenvalue weighted by Gasteiger charge is -2.35. The second kappa shape index (κ2) is 16.3. The predicted octanol–water partition coefficient (Wildman–Crippen LogP) is 7.34. The molecule has 1 fully saturated rings. The van der Waals surface area contributed by atoms with E-state index in [1.165, 1.54) is 4.90 Å². The summed E-state index contributed by atoms with van der Waals surface area (Å²) in [5.74, 6) is -0.171. The first-order valence-electron chi connectivity index (χ1n) is 18.9. The number of rotatable bonds is 4. The van der Waals surface area contributed by atoms with Crippen LogP contribution in [-0.2, 0) is 14.2 Å². The van der Waals surface area contributed by atoms with Crippen molar-refractivity contribution < 1.29 is 33.4 Å². The van der Waals surface area contributed by atoms with Crippen LogP contribution in [0.3, 0.4) is 0 Å². The van der Waals surface area contributed by atoms with Crippen LogP contribution in [0, 0.1) is 0 Å². The maximum atomic E-state index is 13.7. The van der Waals surface area contributed by atoms with Crippen LogP contribution in [0.5, 0.6) is 0 Å². The van der Waals surface area contributed by atoms with Gasteiger partial charge in [-0.05, 0) is 101 Å². The average Bonchev–Trinajstić information content (AvgIpc) is 3.05. The molecule has 12 nitrogen and oxygen atoms in total. The van der Waals surface area contributed by atoms with E-state index in [-0.39, 0.29) is 32.1 Å². The van der Waals surface area contributed by atoms with Gasteiger partial charge in [-0.2, -0.15) is 0 Å². The van der Waals surface area contributed by atoms with Crippen molar-refractivity contribution in [2.24, 2.45) is 0 Å². The number of carbonyl (C=O) groups is 4. The average molecular weight is 744 g/mol. The van der Waals surface area contributed by atoms with Gasteiger partial charge in [0.05, 0.1) is 0 Å². The summed E-state index contributed by atoms with van der Waals surface area (Å²) in [4.78, 5) is 60.8. The highest BCUT2D eigenvalue weighted by Gasteiger charge is 2.29. The van der Waals surface area contributed by atoms with Gasteiger partial charge >= 0.3 is 18.3 Å². The molecule has 54 heavy (non-hydrogen) atoms. The molecule has 0 atom stereocenters. The highest BCUT2D eigenvalue weighted by atomic mass is 16.6. The Kier molecular flexibility index (Phi) is 12.1. The number of nitrogens with zero attached hydrogens (tertiary/aromatic N) is 4. The monoisotopic (exact) mass is 743 g/mol. The Labute approximate surface area is 319 Å². The van der Waals surface area contributed by atoms with E-state index in [0.29, 0.717) is 44.8 Å². The normalized spacial score (nSPS) is 15.9. The first-order valence-corrected chi connectivity index (χ1v) is 18.9. The lowest BCUT2D eigenvalue weighted by molar-refractivity contribution is 0.00477. The fraction of sp³-hybridized carbons (Fsp3) is 0.524. The van der Waals surface area contributed by atoms with Crippen molar-refractivity contribution in [1.82, 2.24) is 24.9 Å². The second-order valence-electron chi connectivity index (χ2n) is 17.0. The van der Waals surface area contributed by atoms with E-state index < -0.39 is 35.1 Å². The van der Waals surface area contributed by atoms with Gasteiger partial charge in [0.25, 0.3) is 5.91 Å². The van der Waals surface area contributed by atoms with E-state index in [1.807, 2.05) is 65.8 Å². The zero-order valence-electron chi connectivity index (χ0n) is 33.4. The molecule has 1 aliphatic rings. The molecule has 0 bridgehead atoms. The quantitative estimate of drug-likeness (QED) is 0.170. The number of ether oxygens (including phenoxy) is 3. The Balaban J connectivity index is 1.35. The first-order chi connectivity index (χ1) is 25.3. The molecule has 1 saturated heterocycles. The standard InChI is InChI=1S/C42H57N5O7/c1-40(2,3)52-37(49)45-23-21-44(22-24-46(38(50)53-41(4,5)6)26-28-47(27-25-45)39(51)54-42(7,8)9)20-19-43-36(48)33-18-16-31-14-13-29-11-10-12-30-15-17-32(33)35(31)34(29)30/h10-18H,19-28H2,1-9H3,(H,43,48). The van der Waals surface area contributed by atoms with Crippen molar-refractivity contribution >= 4 is 56.5 Å². The molecular weight excluding hydrogens is 686 g/mol. The Bertz CT molecular complexity index is 1900. The molecule has 12 heteroatoms. The Morgan fingerprint density at radius 1 is 0.537 bits per heavy atom. The zero-order valence-corrected chi connectivity index (χ0v) is 33.4. The molecule has 0 aliphatic carbocycles. The molecule has 4 aromatic rings. The predicted molar refractivity (Wildman–Crippen MR) is 212 cm³/mol. The van der Waals surface area contributed by atoms with Gasteiger partial charge in [0.2, 0.25) is 0 Å². The SMILES string of the molecule is CC(C)(C)OC(=O)N1CCN(CCNC(=O)c2ccc3ccc4cccc5ccc2c3c45)CCN(C(=O)OC(C)(C)C)CCN(C(=O)OC(C)(C)C)CC1. The van der Waals surface area contributed by atoms with Crippen molar-refractivity contribution in [3.63, 3.8) is 0 Å². The summed E-state index contributed by atoms with van der Waals surface area (Å²) < 4.78 is 17.2. The third-order valence-corrected chi connectivity index (χ3v) is 9.09. The summed E-state index contributed by atoms with van der Waals surface area (Å²) in [6.45, 7) is 19.3. The fourth-order valence-corrected chi connectivity index (χ4v) is 6.56. The van der Waals surface area contributed by atoms with E-state index in [4.69, 9.17) is 14.2 Å². The van der Waals surface area contributed by atoms with Crippen molar-refractivity contribution in [3.8, 4) is 0 Å². The maximum absolute atomic E-state index is 13.7. The minimum absolute atomic E-state index is 0.171. The number of hydrogen-bond acceptors (Lipinski definition) is 8. The van der Waals surface area contributed by atoms with Crippen LogP contribution in [-0.4, -0.2) is 126 Å². The van der Waals surface area contributed by atoms with Gasteiger partial charge < -0.3 is 34.2 Å². The molecule has 5 rings (SSSR count). The smallest absolute Gasteiger partial charge is 0.410 e. The number of amides is 4. The van der Waals surface area contributed by atoms with Gasteiger partial charge in [0.1, 0.15) is 16.8 Å². The third-order valence-electron chi connectivity index (χ3n) is 9.09. The molecule has 4 amide bonds. The lowest BCUT2D eigenvalue weighted by atomic mass is 9.92. The molecule has 0 spiro atoms. The number of carbonyl (C=O) groups excluding carboxylic acids is 4. The van der Waals surface area contributed by atoms with E-state index in [0.717, 1.165) is 32.3 Å². The molecule has 0 aromatic heterocycles. The van der Waals surface area contributed by atoms with Crippen LogP contribution in [0.2, 0.25) is 0 Å². The molecule has 0 radical (unpaired) electrons. The van der Waals surface area contributed by atoms with Crippen LogP contribution in [0.1, 0.15) is 72.7 Å². The Hall–Kier alpha value is -4.84. The summed E-state index contributed by atoms with van der Waals surface area (Å²) in [6.07, 6.45) is -1.50. The van der Waals surface area contributed by atoms with Crippen LogP contribution in [0.15, 0.2) is 54.6 Å². The zero-order chi connectivity index (χ0) is 39.4. The summed E-state index contributed by atoms with van der Waals surface area (Å²) in [5.41, 5.74) is -1.55. The van der Waals surface area contributed by atoms with E-state index >= 15 is 0 Å². The molecular formula is C42H57N5O7. The molecule has 1 aliphatic heterocycles. The van der Waals surface area contributed by atoms with Crippen molar-refractivity contribution in [2.45, 2.75) is 79.1 Å². The van der Waals surface area contributed by atoms with Crippen LogP contribution in [0.4, 0.5) is 14.4 Å². The number of nitrogens with one attached hydrogen (secondary N) is 1. The van der Waals surface area contributed by atoms with E-state index in [1.54, 1.807) is 30.6 Å². The molecule has 1 N–H and O–H groups in total. The van der Waals surface area contributed by atoms with E-state index in [9.17, 15) is 19.2 Å². The highest BCUT2D eigenvalue weighted by molar-refractivity contribution is 6.26. The Morgan fingerprint density at radius 2 is 0.926 bits per heavy atom. The maximum Gasteiger partial charge on any atom is 0.410 e. The molecule has 4 aromatic carbocycles. The topological polar surface area (TPSA) is 121 Å².